The maximum Gasteiger partial charge on any atom is 0.297 e. The number of aromatic nitrogens is 2. The number of rotatable bonds is 2. The largest absolute Gasteiger partial charge is 0.493 e. The number of carbonyl (C=O) groups is 1. The van der Waals surface area contributed by atoms with Crippen LogP contribution in [0.3, 0.4) is 0 Å². The van der Waals surface area contributed by atoms with Gasteiger partial charge in [-0.2, -0.15) is 0 Å². The minimum atomic E-state index is -0.520. The second-order valence-electron chi connectivity index (χ2n) is 5.95. The number of amides is 1. The summed E-state index contributed by atoms with van der Waals surface area (Å²) >= 11 is 6.83. The van der Waals surface area contributed by atoms with Gasteiger partial charge in [-0.1, -0.05) is 34.1 Å². The van der Waals surface area contributed by atoms with Crippen molar-refractivity contribution in [2.75, 3.05) is 0 Å². The van der Waals surface area contributed by atoms with Crippen molar-refractivity contribution < 1.29 is 9.90 Å². The van der Waals surface area contributed by atoms with Crippen molar-refractivity contribution in [3.8, 4) is 5.88 Å². The number of fused-ring (bicyclic) bond motifs is 2. The molecule has 0 saturated heterocycles. The molecule has 0 unspecified atom stereocenters. The number of nitrogens with one attached hydrogen (secondary N) is 1. The molecule has 2 aromatic heterocycles. The number of carbonyl (C=O) groups excluding carboxylic acids is 1. The number of nitrogens with zero attached hydrogens (tertiary/aromatic N) is 3. The lowest BCUT2D eigenvalue weighted by molar-refractivity contribution is 0.0994. The molecule has 27 heavy (non-hydrogen) atoms. The van der Waals surface area contributed by atoms with Gasteiger partial charge in [0.15, 0.2) is 5.69 Å². The Morgan fingerprint density at radius 3 is 2.78 bits per heavy atom. The molecule has 1 amide bonds. The summed E-state index contributed by atoms with van der Waals surface area (Å²) < 4.78 is 1.56. The number of pyridine rings is 1. The fourth-order valence-corrected chi connectivity index (χ4v) is 4.20. The third kappa shape index (κ3) is 3.26. The fraction of sp³-hybridized carbons (Fsp3) is 0.0526. The van der Waals surface area contributed by atoms with E-state index in [0.29, 0.717) is 22.2 Å². The molecule has 0 atom stereocenters. The summed E-state index contributed by atoms with van der Waals surface area (Å²) in [6.07, 6.45) is 0. The van der Waals surface area contributed by atoms with Crippen LogP contribution in [0.2, 0.25) is 0 Å². The Labute approximate surface area is 170 Å². The first-order valence-electron chi connectivity index (χ1n) is 7.96. The number of benzene rings is 2. The van der Waals surface area contributed by atoms with Crippen molar-refractivity contribution in [3.05, 3.63) is 62.7 Å². The minimum absolute atomic E-state index is 0.159. The zero-order chi connectivity index (χ0) is 19.1. The molecule has 6 nitrogen and oxygen atoms in total. The Bertz CT molecular complexity index is 1250. The summed E-state index contributed by atoms with van der Waals surface area (Å²) in [6, 6.07) is 12.9. The van der Waals surface area contributed by atoms with Gasteiger partial charge < -0.3 is 10.1 Å². The number of aromatic amines is 1. The van der Waals surface area contributed by atoms with E-state index in [-0.39, 0.29) is 11.6 Å². The molecule has 8 heteroatoms. The first-order chi connectivity index (χ1) is 12.9. The quantitative estimate of drug-likeness (QED) is 0.331. The van der Waals surface area contributed by atoms with Crippen molar-refractivity contribution in [1.82, 2.24) is 9.97 Å². The van der Waals surface area contributed by atoms with Crippen LogP contribution in [0.1, 0.15) is 16.1 Å². The van der Waals surface area contributed by atoms with Crippen LogP contribution >= 0.6 is 31.9 Å². The van der Waals surface area contributed by atoms with E-state index in [0.717, 1.165) is 19.8 Å². The van der Waals surface area contributed by atoms with E-state index in [4.69, 9.17) is 0 Å². The average molecular weight is 488 g/mol. The van der Waals surface area contributed by atoms with Gasteiger partial charge in [-0.25, -0.2) is 0 Å². The fourth-order valence-electron chi connectivity index (χ4n) is 2.87. The molecule has 134 valence electrons. The molecule has 2 heterocycles. The molecule has 0 aliphatic carbocycles. The first-order valence-corrected chi connectivity index (χ1v) is 9.55. The van der Waals surface area contributed by atoms with Gasteiger partial charge in [0.05, 0.1) is 22.3 Å². The normalized spacial score (nSPS) is 11.7. The highest BCUT2D eigenvalue weighted by Crippen LogP contribution is 2.40. The summed E-state index contributed by atoms with van der Waals surface area (Å²) in [4.78, 5) is 19.8. The number of halogens is 2. The van der Waals surface area contributed by atoms with E-state index in [1.807, 2.05) is 30.3 Å². The van der Waals surface area contributed by atoms with Crippen LogP contribution in [-0.4, -0.2) is 21.0 Å². The summed E-state index contributed by atoms with van der Waals surface area (Å²) in [5, 5.41) is 19.5. The molecular formula is C19H12Br2N4O2. The second-order valence-corrected chi connectivity index (χ2v) is 7.72. The van der Waals surface area contributed by atoms with Gasteiger partial charge in [0.25, 0.3) is 5.91 Å². The highest BCUT2D eigenvalue weighted by atomic mass is 79.9. The molecule has 4 rings (SSSR count). The Balaban J connectivity index is 1.75. The standard InChI is InChI=1S/C19H12Br2N4O2/c1-9-12(6-10-4-2-3-5-15(10)22-9)18(26)25-24-17-13-7-11(20)8-14(21)16(13)23-19(17)27/h2-8,23,27H,1H3. The van der Waals surface area contributed by atoms with Crippen molar-refractivity contribution >= 4 is 65.3 Å². The van der Waals surface area contributed by atoms with Gasteiger partial charge in [0.2, 0.25) is 5.88 Å². The van der Waals surface area contributed by atoms with Crippen LogP contribution in [-0.2, 0) is 0 Å². The number of aryl methyl sites for hydroxylation is 1. The van der Waals surface area contributed by atoms with Gasteiger partial charge in [-0.3, -0.25) is 9.78 Å². The minimum Gasteiger partial charge on any atom is -0.493 e. The zero-order valence-corrected chi connectivity index (χ0v) is 17.2. The van der Waals surface area contributed by atoms with Crippen LogP contribution in [0.5, 0.6) is 5.88 Å². The second kappa shape index (κ2) is 6.86. The van der Waals surface area contributed by atoms with Gasteiger partial charge in [-0.05, 0) is 47.1 Å². The topological polar surface area (TPSA) is 90.7 Å². The van der Waals surface area contributed by atoms with Crippen LogP contribution in [0, 0.1) is 6.92 Å². The van der Waals surface area contributed by atoms with Crippen molar-refractivity contribution in [2.45, 2.75) is 6.92 Å². The van der Waals surface area contributed by atoms with E-state index in [1.54, 1.807) is 19.1 Å². The Morgan fingerprint density at radius 2 is 1.96 bits per heavy atom. The number of hydrogen-bond donors (Lipinski definition) is 2. The number of azo groups is 1. The molecule has 0 fully saturated rings. The summed E-state index contributed by atoms with van der Waals surface area (Å²) in [6.45, 7) is 1.76. The number of hydrogen-bond acceptors (Lipinski definition) is 4. The number of para-hydroxylation sites is 1. The monoisotopic (exact) mass is 486 g/mol. The van der Waals surface area contributed by atoms with Crippen molar-refractivity contribution in [1.29, 1.82) is 0 Å². The molecule has 0 aliphatic rings. The van der Waals surface area contributed by atoms with Gasteiger partial charge in [0, 0.05) is 19.7 Å². The van der Waals surface area contributed by atoms with E-state index in [1.165, 1.54) is 0 Å². The van der Waals surface area contributed by atoms with Crippen molar-refractivity contribution in [3.63, 3.8) is 0 Å². The van der Waals surface area contributed by atoms with E-state index >= 15 is 0 Å². The van der Waals surface area contributed by atoms with Gasteiger partial charge in [0.1, 0.15) is 0 Å². The molecule has 0 bridgehead atoms. The van der Waals surface area contributed by atoms with Crippen LogP contribution in [0.25, 0.3) is 21.8 Å². The number of H-pyrrole nitrogens is 1. The molecule has 0 radical (unpaired) electrons. The Hall–Kier alpha value is -2.58. The molecule has 0 aliphatic heterocycles. The zero-order valence-electron chi connectivity index (χ0n) is 14.0. The van der Waals surface area contributed by atoms with E-state index < -0.39 is 5.91 Å². The predicted molar refractivity (Wildman–Crippen MR) is 111 cm³/mol. The highest BCUT2D eigenvalue weighted by Gasteiger charge is 2.16. The summed E-state index contributed by atoms with van der Waals surface area (Å²) in [5.41, 5.74) is 2.63. The highest BCUT2D eigenvalue weighted by molar-refractivity contribution is 9.11. The van der Waals surface area contributed by atoms with E-state index in [9.17, 15) is 9.90 Å². The molecule has 2 N–H and O–H groups in total. The smallest absolute Gasteiger partial charge is 0.297 e. The Morgan fingerprint density at radius 1 is 1.19 bits per heavy atom. The summed E-state index contributed by atoms with van der Waals surface area (Å²) in [7, 11) is 0. The molecule has 2 aromatic carbocycles. The molecule has 4 aromatic rings. The molecule has 0 saturated carbocycles. The van der Waals surface area contributed by atoms with Gasteiger partial charge in [-0.15, -0.1) is 10.2 Å². The van der Waals surface area contributed by atoms with Crippen LogP contribution in [0.4, 0.5) is 5.69 Å². The van der Waals surface area contributed by atoms with Crippen molar-refractivity contribution in [2.24, 2.45) is 10.2 Å². The lowest BCUT2D eigenvalue weighted by Crippen LogP contribution is -2.00. The van der Waals surface area contributed by atoms with Crippen LogP contribution in [0.15, 0.2) is 61.6 Å². The third-order valence-electron chi connectivity index (χ3n) is 4.16. The average Bonchev–Trinajstić information content (AvgIpc) is 2.95. The van der Waals surface area contributed by atoms with E-state index in [2.05, 4.69) is 52.1 Å². The lowest BCUT2D eigenvalue weighted by Gasteiger charge is -2.03. The lowest BCUT2D eigenvalue weighted by atomic mass is 10.1. The number of aromatic hydroxyl groups is 1. The maximum atomic E-state index is 12.6. The Kier molecular flexibility index (Phi) is 4.53. The van der Waals surface area contributed by atoms with Crippen LogP contribution < -0.4 is 0 Å². The summed E-state index contributed by atoms with van der Waals surface area (Å²) in [5.74, 6) is -0.678. The van der Waals surface area contributed by atoms with Gasteiger partial charge >= 0.3 is 0 Å². The third-order valence-corrected chi connectivity index (χ3v) is 5.25. The predicted octanol–water partition coefficient (Wildman–Crippen LogP) is 6.18. The SMILES string of the molecule is Cc1nc2ccccc2cc1C(=O)N=Nc1c(O)[nH]c2c(Br)cc(Br)cc12. The maximum absolute atomic E-state index is 12.6. The molecule has 0 spiro atoms. The molecular weight excluding hydrogens is 476 g/mol. The first kappa shape index (κ1) is 17.8.